The van der Waals surface area contributed by atoms with Gasteiger partial charge in [0.1, 0.15) is 11.1 Å². The molecule has 1 atom stereocenters. The summed E-state index contributed by atoms with van der Waals surface area (Å²) in [6.45, 7) is 1.91. The van der Waals surface area contributed by atoms with E-state index in [1.807, 2.05) is 37.3 Å². The molecule has 1 heterocycles. The number of hydrogen-bond donors (Lipinski definition) is 0. The van der Waals surface area contributed by atoms with Crippen molar-refractivity contribution in [1.29, 1.82) is 0 Å². The van der Waals surface area contributed by atoms with Crippen molar-refractivity contribution in [3.05, 3.63) is 57.2 Å². The number of hydrogen-bond acceptors (Lipinski definition) is 2. The Morgan fingerprint density at radius 1 is 1.06 bits per heavy atom. The van der Waals surface area contributed by atoms with Gasteiger partial charge in [-0.15, -0.1) is 0 Å². The average Bonchev–Trinajstić information content (AvgIpc) is 2.37. The molecule has 0 saturated carbocycles. The molecule has 18 heavy (non-hydrogen) atoms. The van der Waals surface area contributed by atoms with Crippen LogP contribution in [0.15, 0.2) is 36.4 Å². The first-order valence-corrected chi connectivity index (χ1v) is 6.44. The standard InChI is InChI=1S/C13H10Cl3NO/c1-8(9-5-3-2-4-6-9)18-13-11(15)7-10(14)12(16)17-13/h2-8H,1H3. The van der Waals surface area contributed by atoms with E-state index in [4.69, 9.17) is 39.5 Å². The summed E-state index contributed by atoms with van der Waals surface area (Å²) in [4.78, 5) is 4.02. The van der Waals surface area contributed by atoms with E-state index in [2.05, 4.69) is 4.98 Å². The Balaban J connectivity index is 2.22. The highest BCUT2D eigenvalue weighted by Crippen LogP contribution is 2.32. The molecule has 0 saturated heterocycles. The minimum Gasteiger partial charge on any atom is -0.469 e. The Bertz CT molecular complexity index is 545. The Labute approximate surface area is 120 Å². The molecule has 1 unspecified atom stereocenters. The van der Waals surface area contributed by atoms with Crippen molar-refractivity contribution in [3.8, 4) is 5.88 Å². The average molecular weight is 303 g/mol. The quantitative estimate of drug-likeness (QED) is 0.729. The second-order valence-corrected chi connectivity index (χ2v) is 4.89. The largest absolute Gasteiger partial charge is 0.469 e. The molecule has 1 aromatic heterocycles. The van der Waals surface area contributed by atoms with E-state index in [-0.39, 0.29) is 17.1 Å². The lowest BCUT2D eigenvalue weighted by Gasteiger charge is -2.15. The number of rotatable bonds is 3. The van der Waals surface area contributed by atoms with Crippen molar-refractivity contribution in [2.24, 2.45) is 0 Å². The van der Waals surface area contributed by atoms with Crippen LogP contribution in [-0.4, -0.2) is 4.98 Å². The highest BCUT2D eigenvalue weighted by molar-refractivity contribution is 6.42. The number of halogens is 3. The van der Waals surface area contributed by atoms with Crippen LogP contribution in [0.3, 0.4) is 0 Å². The summed E-state index contributed by atoms with van der Waals surface area (Å²) in [5.41, 5.74) is 1.03. The fourth-order valence-corrected chi connectivity index (χ4v) is 2.01. The fraction of sp³-hybridized carbons (Fsp3) is 0.154. The Hall–Kier alpha value is -0.960. The lowest BCUT2D eigenvalue weighted by molar-refractivity contribution is 0.217. The first-order valence-electron chi connectivity index (χ1n) is 5.31. The molecule has 0 spiro atoms. The molecule has 0 aliphatic carbocycles. The van der Waals surface area contributed by atoms with Gasteiger partial charge in [-0.25, -0.2) is 0 Å². The molecule has 0 fully saturated rings. The summed E-state index contributed by atoms with van der Waals surface area (Å²) in [5, 5.41) is 0.824. The van der Waals surface area contributed by atoms with Crippen LogP contribution in [0.25, 0.3) is 0 Å². The molecular formula is C13H10Cl3NO. The van der Waals surface area contributed by atoms with Gasteiger partial charge in [0, 0.05) is 0 Å². The van der Waals surface area contributed by atoms with Crippen LogP contribution in [0.1, 0.15) is 18.6 Å². The molecule has 5 heteroatoms. The summed E-state index contributed by atoms with van der Waals surface area (Å²) in [6.07, 6.45) is -0.173. The van der Waals surface area contributed by atoms with Gasteiger partial charge in [-0.05, 0) is 18.6 Å². The zero-order chi connectivity index (χ0) is 13.1. The van der Waals surface area contributed by atoms with Crippen LogP contribution in [0.5, 0.6) is 5.88 Å². The van der Waals surface area contributed by atoms with E-state index in [1.54, 1.807) is 0 Å². The van der Waals surface area contributed by atoms with Gasteiger partial charge in [-0.2, -0.15) is 4.98 Å². The van der Waals surface area contributed by atoms with Gasteiger partial charge in [0.05, 0.1) is 5.02 Å². The zero-order valence-corrected chi connectivity index (χ0v) is 11.8. The number of aromatic nitrogens is 1. The third-order valence-electron chi connectivity index (χ3n) is 2.41. The lowest BCUT2D eigenvalue weighted by atomic mass is 10.1. The topological polar surface area (TPSA) is 22.1 Å². The van der Waals surface area contributed by atoms with E-state index >= 15 is 0 Å². The molecule has 0 aliphatic heterocycles. The molecule has 2 nitrogen and oxygen atoms in total. The summed E-state index contributed by atoms with van der Waals surface area (Å²) in [7, 11) is 0. The Kier molecular flexibility index (Phi) is 4.33. The molecule has 2 aromatic rings. The summed E-state index contributed by atoms with van der Waals surface area (Å²) < 4.78 is 5.68. The smallest absolute Gasteiger partial charge is 0.234 e. The first kappa shape index (κ1) is 13.5. The first-order chi connectivity index (χ1) is 8.58. The Morgan fingerprint density at radius 3 is 2.39 bits per heavy atom. The Morgan fingerprint density at radius 2 is 1.72 bits per heavy atom. The highest BCUT2D eigenvalue weighted by atomic mass is 35.5. The highest BCUT2D eigenvalue weighted by Gasteiger charge is 2.13. The van der Waals surface area contributed by atoms with Gasteiger partial charge in [0.15, 0.2) is 5.15 Å². The SMILES string of the molecule is CC(Oc1nc(Cl)c(Cl)cc1Cl)c1ccccc1. The van der Waals surface area contributed by atoms with Gasteiger partial charge in [0.25, 0.3) is 0 Å². The van der Waals surface area contributed by atoms with E-state index in [9.17, 15) is 0 Å². The van der Waals surface area contributed by atoms with Gasteiger partial charge >= 0.3 is 0 Å². The summed E-state index contributed by atoms with van der Waals surface area (Å²) in [5.74, 6) is 0.280. The van der Waals surface area contributed by atoms with Crippen LogP contribution < -0.4 is 4.74 Å². The van der Waals surface area contributed by atoms with Crippen LogP contribution >= 0.6 is 34.8 Å². The van der Waals surface area contributed by atoms with Crippen molar-refractivity contribution >= 4 is 34.8 Å². The minimum absolute atomic E-state index is 0.173. The van der Waals surface area contributed by atoms with Crippen LogP contribution in [-0.2, 0) is 0 Å². The normalized spacial score (nSPS) is 12.2. The minimum atomic E-state index is -0.173. The molecule has 0 N–H and O–H groups in total. The number of nitrogens with zero attached hydrogens (tertiary/aromatic N) is 1. The maximum atomic E-state index is 6.00. The van der Waals surface area contributed by atoms with Crippen molar-refractivity contribution in [2.75, 3.05) is 0 Å². The van der Waals surface area contributed by atoms with Crippen molar-refractivity contribution in [2.45, 2.75) is 13.0 Å². The molecular weight excluding hydrogens is 293 g/mol. The van der Waals surface area contributed by atoms with Crippen molar-refractivity contribution in [3.63, 3.8) is 0 Å². The van der Waals surface area contributed by atoms with Crippen molar-refractivity contribution < 1.29 is 4.74 Å². The van der Waals surface area contributed by atoms with E-state index in [0.29, 0.717) is 10.0 Å². The zero-order valence-electron chi connectivity index (χ0n) is 9.53. The number of ether oxygens (including phenoxy) is 1. The van der Waals surface area contributed by atoms with E-state index in [0.717, 1.165) is 5.56 Å². The third-order valence-corrected chi connectivity index (χ3v) is 3.36. The van der Waals surface area contributed by atoms with Gasteiger partial charge in [0.2, 0.25) is 5.88 Å². The van der Waals surface area contributed by atoms with E-state index in [1.165, 1.54) is 6.07 Å². The fourth-order valence-electron chi connectivity index (χ4n) is 1.47. The monoisotopic (exact) mass is 301 g/mol. The van der Waals surface area contributed by atoms with Crippen molar-refractivity contribution in [1.82, 2.24) is 4.98 Å². The summed E-state index contributed by atoms with van der Waals surface area (Å²) >= 11 is 17.6. The van der Waals surface area contributed by atoms with Crippen LogP contribution in [0.4, 0.5) is 0 Å². The van der Waals surface area contributed by atoms with Gasteiger partial charge in [-0.1, -0.05) is 65.1 Å². The summed E-state index contributed by atoms with van der Waals surface area (Å²) in [6, 6.07) is 11.3. The third kappa shape index (κ3) is 3.08. The molecule has 0 bridgehead atoms. The lowest BCUT2D eigenvalue weighted by Crippen LogP contribution is -2.04. The number of pyridine rings is 1. The molecule has 1 aromatic carbocycles. The second-order valence-electron chi connectivity index (χ2n) is 3.72. The second kappa shape index (κ2) is 5.79. The van der Waals surface area contributed by atoms with Gasteiger partial charge in [-0.3, -0.25) is 0 Å². The van der Waals surface area contributed by atoms with Crippen LogP contribution in [0.2, 0.25) is 15.2 Å². The predicted octanol–water partition coefficient (Wildman–Crippen LogP) is 5.18. The maximum Gasteiger partial charge on any atom is 0.234 e. The molecule has 0 aliphatic rings. The number of benzene rings is 1. The molecule has 94 valence electrons. The van der Waals surface area contributed by atoms with Gasteiger partial charge < -0.3 is 4.74 Å². The molecule has 0 radical (unpaired) electrons. The predicted molar refractivity (Wildman–Crippen MR) is 74.8 cm³/mol. The maximum absolute atomic E-state index is 6.00. The molecule has 2 rings (SSSR count). The molecule has 0 amide bonds. The van der Waals surface area contributed by atoms with Crippen LogP contribution in [0, 0.1) is 0 Å². The van der Waals surface area contributed by atoms with E-state index < -0.39 is 0 Å².